The van der Waals surface area contributed by atoms with Crippen LogP contribution in [0.3, 0.4) is 0 Å². The third-order valence-electron chi connectivity index (χ3n) is 2.81. The van der Waals surface area contributed by atoms with E-state index in [9.17, 15) is 17.6 Å². The third-order valence-corrected chi connectivity index (χ3v) is 2.81. The summed E-state index contributed by atoms with van der Waals surface area (Å²) < 4.78 is 50.8. The van der Waals surface area contributed by atoms with Gasteiger partial charge in [-0.15, -0.1) is 0 Å². The van der Waals surface area contributed by atoms with Gasteiger partial charge in [-0.3, -0.25) is 0 Å². The molecule has 5 heteroatoms. The quantitative estimate of drug-likeness (QED) is 0.785. The Labute approximate surface area is 119 Å². The number of alkyl halides is 3. The fraction of sp³-hybridized carbons (Fsp3) is 0.125. The Hall–Kier alpha value is -2.30. The van der Waals surface area contributed by atoms with Crippen molar-refractivity contribution in [2.45, 2.75) is 6.18 Å². The van der Waals surface area contributed by atoms with Gasteiger partial charge in [-0.25, -0.2) is 4.39 Å². The van der Waals surface area contributed by atoms with Crippen LogP contribution in [0.25, 0.3) is 6.08 Å². The summed E-state index contributed by atoms with van der Waals surface area (Å²) in [6, 6.07) is 12.4. The topological polar surface area (TPSA) is 12.0 Å². The summed E-state index contributed by atoms with van der Waals surface area (Å²) in [7, 11) is 0. The van der Waals surface area contributed by atoms with Gasteiger partial charge in [0.1, 0.15) is 5.82 Å². The molecule has 1 nitrogen and oxygen atoms in total. The summed E-state index contributed by atoms with van der Waals surface area (Å²) >= 11 is 0. The van der Waals surface area contributed by atoms with Crippen molar-refractivity contribution in [3.63, 3.8) is 0 Å². The highest BCUT2D eigenvalue weighted by Crippen LogP contribution is 2.32. The summed E-state index contributed by atoms with van der Waals surface area (Å²) in [5, 5.41) is 2.80. The van der Waals surface area contributed by atoms with E-state index < -0.39 is 17.6 Å². The molecule has 0 amide bonds. The first-order chi connectivity index (χ1) is 9.97. The van der Waals surface area contributed by atoms with Crippen LogP contribution in [0.15, 0.2) is 54.6 Å². The van der Waals surface area contributed by atoms with Gasteiger partial charge in [0.05, 0.1) is 5.56 Å². The summed E-state index contributed by atoms with van der Waals surface area (Å²) in [5.41, 5.74) is -0.0460. The third kappa shape index (κ3) is 4.34. The maximum Gasteiger partial charge on any atom is 0.419 e. The highest BCUT2D eigenvalue weighted by molar-refractivity contribution is 5.51. The molecule has 0 heterocycles. The Morgan fingerprint density at radius 1 is 1.00 bits per heavy atom. The van der Waals surface area contributed by atoms with E-state index in [0.717, 1.165) is 17.7 Å². The molecule has 0 spiro atoms. The van der Waals surface area contributed by atoms with Crippen LogP contribution in [0.5, 0.6) is 0 Å². The first-order valence-corrected chi connectivity index (χ1v) is 6.29. The molecule has 0 bridgehead atoms. The van der Waals surface area contributed by atoms with Gasteiger partial charge in [0.15, 0.2) is 0 Å². The molecule has 0 atom stereocenters. The van der Waals surface area contributed by atoms with E-state index in [0.29, 0.717) is 6.54 Å². The fourth-order valence-corrected chi connectivity index (χ4v) is 1.79. The SMILES string of the molecule is Fc1ccc(NCC=Cc2ccccc2)cc1C(F)(F)F. The fourth-order valence-electron chi connectivity index (χ4n) is 1.79. The van der Waals surface area contributed by atoms with Crippen LogP contribution in [-0.2, 0) is 6.18 Å². The van der Waals surface area contributed by atoms with Crippen LogP contribution in [0.4, 0.5) is 23.2 Å². The molecule has 1 N–H and O–H groups in total. The van der Waals surface area contributed by atoms with Crippen LogP contribution >= 0.6 is 0 Å². The number of halogens is 4. The molecular weight excluding hydrogens is 282 g/mol. The van der Waals surface area contributed by atoms with E-state index in [-0.39, 0.29) is 5.69 Å². The highest BCUT2D eigenvalue weighted by Gasteiger charge is 2.34. The second-order valence-corrected chi connectivity index (χ2v) is 4.39. The van der Waals surface area contributed by atoms with Crippen molar-refractivity contribution in [2.24, 2.45) is 0 Å². The van der Waals surface area contributed by atoms with Gasteiger partial charge in [-0.1, -0.05) is 42.5 Å². The van der Waals surface area contributed by atoms with E-state index in [1.807, 2.05) is 36.4 Å². The Balaban J connectivity index is 1.99. The van der Waals surface area contributed by atoms with Crippen LogP contribution in [0.2, 0.25) is 0 Å². The van der Waals surface area contributed by atoms with Crippen molar-refractivity contribution < 1.29 is 17.6 Å². The lowest BCUT2D eigenvalue weighted by molar-refractivity contribution is -0.139. The highest BCUT2D eigenvalue weighted by atomic mass is 19.4. The lowest BCUT2D eigenvalue weighted by Crippen LogP contribution is -2.09. The van der Waals surface area contributed by atoms with Crippen LogP contribution in [0, 0.1) is 5.82 Å². The van der Waals surface area contributed by atoms with Crippen molar-refractivity contribution in [3.8, 4) is 0 Å². The zero-order valence-corrected chi connectivity index (χ0v) is 11.0. The molecule has 0 aliphatic rings. The Morgan fingerprint density at radius 2 is 1.71 bits per heavy atom. The minimum absolute atomic E-state index is 0.224. The molecule has 0 aliphatic carbocycles. The van der Waals surface area contributed by atoms with E-state index in [1.165, 1.54) is 6.07 Å². The zero-order chi connectivity index (χ0) is 15.3. The van der Waals surface area contributed by atoms with E-state index >= 15 is 0 Å². The molecular formula is C16H13F4N. The average molecular weight is 295 g/mol. The second-order valence-electron chi connectivity index (χ2n) is 4.39. The number of anilines is 1. The van der Waals surface area contributed by atoms with Crippen LogP contribution < -0.4 is 5.32 Å². The number of hydrogen-bond acceptors (Lipinski definition) is 1. The Bertz CT molecular complexity index is 618. The second kappa shape index (κ2) is 6.43. The molecule has 0 saturated heterocycles. The summed E-state index contributed by atoms with van der Waals surface area (Å²) in [6.07, 6.45) is -1.06. The molecule has 110 valence electrons. The molecule has 0 aliphatic heterocycles. The van der Waals surface area contributed by atoms with Gasteiger partial charge >= 0.3 is 6.18 Å². The van der Waals surface area contributed by atoms with Crippen LogP contribution in [-0.4, -0.2) is 6.54 Å². The average Bonchev–Trinajstić information content (AvgIpc) is 2.45. The molecule has 21 heavy (non-hydrogen) atoms. The normalized spacial score (nSPS) is 11.8. The van der Waals surface area contributed by atoms with Crippen molar-refractivity contribution in [3.05, 3.63) is 71.6 Å². The van der Waals surface area contributed by atoms with Crippen molar-refractivity contribution in [1.82, 2.24) is 0 Å². The van der Waals surface area contributed by atoms with Crippen molar-refractivity contribution in [2.75, 3.05) is 11.9 Å². The molecule has 0 fully saturated rings. The number of hydrogen-bond donors (Lipinski definition) is 1. The first-order valence-electron chi connectivity index (χ1n) is 6.29. The van der Waals surface area contributed by atoms with E-state index in [1.54, 1.807) is 6.08 Å². The number of benzene rings is 2. The van der Waals surface area contributed by atoms with Crippen LogP contribution in [0.1, 0.15) is 11.1 Å². The van der Waals surface area contributed by atoms with E-state index in [2.05, 4.69) is 5.32 Å². The summed E-state index contributed by atoms with van der Waals surface area (Å²) in [4.78, 5) is 0. The Kier molecular flexibility index (Phi) is 4.62. The Morgan fingerprint density at radius 3 is 2.38 bits per heavy atom. The van der Waals surface area contributed by atoms with Crippen molar-refractivity contribution >= 4 is 11.8 Å². The zero-order valence-electron chi connectivity index (χ0n) is 11.0. The van der Waals surface area contributed by atoms with Gasteiger partial charge in [-0.05, 0) is 23.8 Å². The van der Waals surface area contributed by atoms with Crippen molar-refractivity contribution in [1.29, 1.82) is 0 Å². The minimum atomic E-state index is -4.69. The molecule has 0 aromatic heterocycles. The molecule has 0 unspecified atom stereocenters. The predicted octanol–water partition coefficient (Wildman–Crippen LogP) is 4.97. The van der Waals surface area contributed by atoms with Gasteiger partial charge < -0.3 is 5.32 Å². The minimum Gasteiger partial charge on any atom is -0.382 e. The smallest absolute Gasteiger partial charge is 0.382 e. The van der Waals surface area contributed by atoms with Gasteiger partial charge in [0, 0.05) is 12.2 Å². The molecule has 0 radical (unpaired) electrons. The number of nitrogens with one attached hydrogen (secondary N) is 1. The molecule has 2 rings (SSSR count). The standard InChI is InChI=1S/C16H13F4N/c17-15-9-8-13(11-14(15)16(18,19)20)21-10-4-7-12-5-2-1-3-6-12/h1-9,11,21H,10H2. The predicted molar refractivity (Wildman–Crippen MR) is 75.4 cm³/mol. The lowest BCUT2D eigenvalue weighted by Gasteiger charge is -2.10. The molecule has 2 aromatic carbocycles. The summed E-state index contributed by atoms with van der Waals surface area (Å²) in [5.74, 6) is -1.27. The van der Waals surface area contributed by atoms with Gasteiger partial charge in [-0.2, -0.15) is 13.2 Å². The van der Waals surface area contributed by atoms with Gasteiger partial charge in [0.2, 0.25) is 0 Å². The maximum absolute atomic E-state index is 13.1. The maximum atomic E-state index is 13.1. The largest absolute Gasteiger partial charge is 0.419 e. The molecule has 2 aromatic rings. The monoisotopic (exact) mass is 295 g/mol. The van der Waals surface area contributed by atoms with Gasteiger partial charge in [0.25, 0.3) is 0 Å². The first kappa shape index (κ1) is 15.1. The summed E-state index contributed by atoms with van der Waals surface area (Å²) in [6.45, 7) is 0.345. The molecule has 0 saturated carbocycles. The number of rotatable bonds is 4. The van der Waals surface area contributed by atoms with E-state index in [4.69, 9.17) is 0 Å². The lowest BCUT2D eigenvalue weighted by atomic mass is 10.1.